The minimum absolute atomic E-state index is 0.0371. The minimum Gasteiger partial charge on any atom is -0.461 e. The molecule has 32 heavy (non-hydrogen) atoms. The number of pyridine rings is 1. The van der Waals surface area contributed by atoms with Crippen molar-refractivity contribution in [1.82, 2.24) is 10.1 Å². The summed E-state index contributed by atoms with van der Waals surface area (Å²) in [5.74, 6) is -1.06. The molecule has 0 saturated carbocycles. The van der Waals surface area contributed by atoms with Gasteiger partial charge < -0.3 is 9.26 Å². The van der Waals surface area contributed by atoms with Gasteiger partial charge in [0.25, 0.3) is 0 Å². The molecular formula is C21H15F4N3O3S. The van der Waals surface area contributed by atoms with E-state index in [4.69, 9.17) is 9.26 Å². The van der Waals surface area contributed by atoms with Gasteiger partial charge in [0.2, 0.25) is 0 Å². The number of ether oxygens (including phenoxy) is 1. The van der Waals surface area contributed by atoms with Gasteiger partial charge in [0, 0.05) is 16.9 Å². The topological polar surface area (TPSA) is 89.0 Å². The molecule has 3 rings (SSSR count). The Kier molecular flexibility index (Phi) is 6.84. The summed E-state index contributed by atoms with van der Waals surface area (Å²) in [6.45, 7) is 3.26. The Morgan fingerprint density at radius 1 is 1.28 bits per heavy atom. The fourth-order valence-corrected chi connectivity index (χ4v) is 3.88. The number of hydrogen-bond donors (Lipinski definition) is 0. The average Bonchev–Trinajstić information content (AvgIpc) is 3.12. The molecule has 0 aliphatic heterocycles. The van der Waals surface area contributed by atoms with Crippen molar-refractivity contribution in [3.63, 3.8) is 0 Å². The van der Waals surface area contributed by atoms with Crippen LogP contribution in [-0.2, 0) is 16.7 Å². The molecule has 1 aromatic carbocycles. The number of rotatable bonds is 6. The standard InChI is InChI=1S/C21H15F4N3O3S/c1-3-30-20(29)18-16(11(2)31-28-18)10-32-19-15(9-26)14(8-17(27-19)21(23,24)25)12-4-6-13(22)7-5-12/h4-8H,3,10H2,1-2H3. The van der Waals surface area contributed by atoms with E-state index in [0.717, 1.165) is 30.0 Å². The van der Waals surface area contributed by atoms with Crippen molar-refractivity contribution in [2.75, 3.05) is 6.61 Å². The first kappa shape index (κ1) is 23.3. The molecule has 0 atom stereocenters. The van der Waals surface area contributed by atoms with Crippen molar-refractivity contribution in [3.8, 4) is 17.2 Å². The number of nitrogens with zero attached hydrogens (tertiary/aromatic N) is 3. The summed E-state index contributed by atoms with van der Waals surface area (Å²) in [6.07, 6.45) is -4.78. The number of nitriles is 1. The van der Waals surface area contributed by atoms with Crippen LogP contribution in [0.1, 0.15) is 40.0 Å². The number of halogens is 4. The predicted octanol–water partition coefficient (Wildman–Crippen LogP) is 5.54. The third-order valence-corrected chi connectivity index (χ3v) is 5.35. The number of aryl methyl sites for hydroxylation is 1. The molecule has 0 N–H and O–H groups in total. The summed E-state index contributed by atoms with van der Waals surface area (Å²) in [5, 5.41) is 13.1. The van der Waals surface area contributed by atoms with Gasteiger partial charge in [0.1, 0.15) is 28.4 Å². The number of esters is 1. The molecule has 0 bridgehead atoms. The third kappa shape index (κ3) is 4.91. The molecule has 2 aromatic heterocycles. The van der Waals surface area contributed by atoms with Gasteiger partial charge >= 0.3 is 12.1 Å². The molecule has 0 fully saturated rings. The van der Waals surface area contributed by atoms with E-state index in [-0.39, 0.29) is 45.5 Å². The minimum atomic E-state index is -4.78. The molecule has 0 saturated heterocycles. The summed E-state index contributed by atoms with van der Waals surface area (Å²) < 4.78 is 63.7. The number of hydrogen-bond acceptors (Lipinski definition) is 7. The molecule has 0 aliphatic carbocycles. The maximum absolute atomic E-state index is 13.5. The van der Waals surface area contributed by atoms with Gasteiger partial charge in [-0.05, 0) is 37.6 Å². The molecule has 0 radical (unpaired) electrons. The van der Waals surface area contributed by atoms with Crippen molar-refractivity contribution in [3.05, 3.63) is 64.4 Å². The molecule has 2 heterocycles. The number of thioether (sulfide) groups is 1. The Morgan fingerprint density at radius 2 is 1.97 bits per heavy atom. The zero-order valence-corrected chi connectivity index (χ0v) is 17.6. The number of carbonyl (C=O) groups is 1. The van der Waals surface area contributed by atoms with E-state index in [2.05, 4.69) is 10.1 Å². The van der Waals surface area contributed by atoms with Gasteiger partial charge in [-0.2, -0.15) is 18.4 Å². The first-order chi connectivity index (χ1) is 15.2. The molecule has 0 spiro atoms. The van der Waals surface area contributed by atoms with Crippen molar-refractivity contribution >= 4 is 17.7 Å². The molecule has 0 unspecified atom stereocenters. The second-order valence-electron chi connectivity index (χ2n) is 6.43. The van der Waals surface area contributed by atoms with Crippen LogP contribution in [0.4, 0.5) is 17.6 Å². The van der Waals surface area contributed by atoms with Gasteiger partial charge in [0.05, 0.1) is 12.2 Å². The summed E-state index contributed by atoms with van der Waals surface area (Å²) >= 11 is 0.820. The lowest BCUT2D eigenvalue weighted by molar-refractivity contribution is -0.141. The quantitative estimate of drug-likeness (QED) is 0.268. The maximum Gasteiger partial charge on any atom is 0.433 e. The summed E-state index contributed by atoms with van der Waals surface area (Å²) in [4.78, 5) is 15.7. The average molecular weight is 465 g/mol. The van der Waals surface area contributed by atoms with Crippen LogP contribution < -0.4 is 0 Å². The second kappa shape index (κ2) is 9.40. The van der Waals surface area contributed by atoms with Crippen LogP contribution in [0.5, 0.6) is 0 Å². The number of aromatic nitrogens is 2. The predicted molar refractivity (Wildman–Crippen MR) is 106 cm³/mol. The molecule has 6 nitrogen and oxygen atoms in total. The van der Waals surface area contributed by atoms with E-state index in [1.807, 2.05) is 6.07 Å². The van der Waals surface area contributed by atoms with Crippen LogP contribution in [0.2, 0.25) is 0 Å². The SMILES string of the molecule is CCOC(=O)c1noc(C)c1CSc1nc(C(F)(F)F)cc(-c2ccc(F)cc2)c1C#N. The zero-order chi connectivity index (χ0) is 23.5. The third-order valence-electron chi connectivity index (χ3n) is 4.35. The van der Waals surface area contributed by atoms with Gasteiger partial charge in [-0.1, -0.05) is 17.3 Å². The van der Waals surface area contributed by atoms with Crippen molar-refractivity contribution < 1.29 is 31.6 Å². The van der Waals surface area contributed by atoms with Crippen molar-refractivity contribution in [2.45, 2.75) is 30.8 Å². The van der Waals surface area contributed by atoms with E-state index >= 15 is 0 Å². The molecule has 0 amide bonds. The van der Waals surface area contributed by atoms with E-state index < -0.39 is 23.7 Å². The summed E-state index contributed by atoms with van der Waals surface area (Å²) in [5.41, 5.74) is -0.899. The lowest BCUT2D eigenvalue weighted by atomic mass is 10.0. The second-order valence-corrected chi connectivity index (χ2v) is 7.39. The van der Waals surface area contributed by atoms with Crippen molar-refractivity contribution in [2.24, 2.45) is 0 Å². The first-order valence-electron chi connectivity index (χ1n) is 9.19. The maximum atomic E-state index is 13.5. The highest BCUT2D eigenvalue weighted by molar-refractivity contribution is 7.98. The Hall–Kier alpha value is -3.39. The molecule has 11 heteroatoms. The van der Waals surface area contributed by atoms with Gasteiger partial charge in [-0.25, -0.2) is 14.2 Å². The molecule has 166 valence electrons. The smallest absolute Gasteiger partial charge is 0.433 e. The first-order valence-corrected chi connectivity index (χ1v) is 10.2. The monoisotopic (exact) mass is 465 g/mol. The Labute approximate surface area is 184 Å². The normalized spacial score (nSPS) is 11.3. The summed E-state index contributed by atoms with van der Waals surface area (Å²) in [6, 6.07) is 7.37. The van der Waals surface area contributed by atoms with E-state index in [0.29, 0.717) is 5.56 Å². The fraction of sp³-hybridized carbons (Fsp3) is 0.238. The Balaban J connectivity index is 2.06. The molecule has 3 aromatic rings. The zero-order valence-electron chi connectivity index (χ0n) is 16.8. The number of benzene rings is 1. The van der Waals surface area contributed by atoms with E-state index in [1.54, 1.807) is 13.8 Å². The molecular weight excluding hydrogens is 450 g/mol. The van der Waals surface area contributed by atoms with Gasteiger partial charge in [0.15, 0.2) is 5.69 Å². The highest BCUT2D eigenvalue weighted by atomic mass is 32.2. The number of carbonyl (C=O) groups excluding carboxylic acids is 1. The lowest BCUT2D eigenvalue weighted by Gasteiger charge is -2.14. The van der Waals surface area contributed by atoms with E-state index in [9.17, 15) is 27.6 Å². The Bertz CT molecular complexity index is 1180. The largest absolute Gasteiger partial charge is 0.461 e. The van der Waals surface area contributed by atoms with Crippen LogP contribution >= 0.6 is 11.8 Å². The van der Waals surface area contributed by atoms with Crippen LogP contribution in [0.3, 0.4) is 0 Å². The highest BCUT2D eigenvalue weighted by Gasteiger charge is 2.35. The fourth-order valence-electron chi connectivity index (χ4n) is 2.80. The van der Waals surface area contributed by atoms with Gasteiger partial charge in [-0.3, -0.25) is 0 Å². The van der Waals surface area contributed by atoms with E-state index in [1.165, 1.54) is 12.1 Å². The molecule has 0 aliphatic rings. The summed E-state index contributed by atoms with van der Waals surface area (Å²) in [7, 11) is 0. The van der Waals surface area contributed by atoms with Crippen LogP contribution in [0, 0.1) is 24.1 Å². The van der Waals surface area contributed by atoms with Crippen LogP contribution in [0.25, 0.3) is 11.1 Å². The number of alkyl halides is 3. The van der Waals surface area contributed by atoms with Crippen molar-refractivity contribution in [1.29, 1.82) is 5.26 Å². The Morgan fingerprint density at radius 3 is 2.56 bits per heavy atom. The van der Waals surface area contributed by atoms with Crippen LogP contribution in [0.15, 0.2) is 39.9 Å². The van der Waals surface area contributed by atoms with Gasteiger partial charge in [-0.15, -0.1) is 11.8 Å². The lowest BCUT2D eigenvalue weighted by Crippen LogP contribution is -2.10. The van der Waals surface area contributed by atoms with Crippen LogP contribution in [-0.4, -0.2) is 22.7 Å². The highest BCUT2D eigenvalue weighted by Crippen LogP contribution is 2.38.